The second-order valence-corrected chi connectivity index (χ2v) is 7.79. The Morgan fingerprint density at radius 1 is 1.09 bits per heavy atom. The third-order valence-electron chi connectivity index (χ3n) is 5.57. The first-order valence-electron chi connectivity index (χ1n) is 10.5. The molecule has 1 aliphatic rings. The predicted molar refractivity (Wildman–Crippen MR) is 124 cm³/mol. The van der Waals surface area contributed by atoms with E-state index in [0.717, 1.165) is 22.0 Å². The Kier molecular flexibility index (Phi) is 6.30. The van der Waals surface area contributed by atoms with Gasteiger partial charge in [0.05, 0.1) is 5.52 Å². The predicted octanol–water partition coefficient (Wildman–Crippen LogP) is 4.44. The number of piperidine rings is 1. The molecule has 4 rings (SSSR count). The zero-order valence-corrected chi connectivity index (χ0v) is 17.8. The molecule has 0 bridgehead atoms. The lowest BCUT2D eigenvalue weighted by molar-refractivity contribution is -0.112. The maximum atomic E-state index is 12.5. The summed E-state index contributed by atoms with van der Waals surface area (Å²) in [7, 11) is 0. The largest absolute Gasteiger partial charge is 0.465 e. The fourth-order valence-electron chi connectivity index (χ4n) is 3.77. The van der Waals surface area contributed by atoms with Crippen LogP contribution in [0.2, 0.25) is 0 Å². The average Bonchev–Trinajstić information content (AvgIpc) is 2.80. The van der Waals surface area contributed by atoms with Crippen molar-refractivity contribution in [3.63, 3.8) is 0 Å². The van der Waals surface area contributed by atoms with Crippen LogP contribution in [0.5, 0.6) is 0 Å². The Labute approximate surface area is 186 Å². The van der Waals surface area contributed by atoms with E-state index in [2.05, 4.69) is 39.7 Å². The van der Waals surface area contributed by atoms with Gasteiger partial charge >= 0.3 is 6.09 Å². The van der Waals surface area contributed by atoms with Gasteiger partial charge in [-0.15, -0.1) is 0 Å². The summed E-state index contributed by atoms with van der Waals surface area (Å²) in [6, 6.07) is 15.7. The number of hydrogen-bond acceptors (Lipinski definition) is 5. The first-order valence-corrected chi connectivity index (χ1v) is 10.5. The van der Waals surface area contributed by atoms with Crippen LogP contribution in [0.1, 0.15) is 31.4 Å². The third kappa shape index (κ3) is 5.03. The molecule has 0 saturated carbocycles. The number of likely N-dealkylation sites (tertiary alicyclic amines) is 1. The normalized spacial score (nSPS) is 14.7. The number of carboxylic acid groups (broad SMARTS) is 1. The second-order valence-electron chi connectivity index (χ2n) is 7.79. The zero-order valence-electron chi connectivity index (χ0n) is 17.8. The van der Waals surface area contributed by atoms with Gasteiger partial charge in [-0.2, -0.15) is 0 Å². The summed E-state index contributed by atoms with van der Waals surface area (Å²) in [5, 5.41) is 16.2. The third-order valence-corrected chi connectivity index (χ3v) is 5.57. The van der Waals surface area contributed by atoms with Crippen LogP contribution in [0.4, 0.5) is 16.3 Å². The van der Waals surface area contributed by atoms with Crippen molar-refractivity contribution in [1.29, 1.82) is 0 Å². The van der Waals surface area contributed by atoms with Crippen molar-refractivity contribution >= 4 is 34.4 Å². The molecular formula is C24H25N5O3. The van der Waals surface area contributed by atoms with E-state index in [-0.39, 0.29) is 11.9 Å². The van der Waals surface area contributed by atoms with Crippen molar-refractivity contribution in [3.05, 3.63) is 72.1 Å². The van der Waals surface area contributed by atoms with E-state index in [0.29, 0.717) is 37.4 Å². The molecule has 0 spiro atoms. The minimum absolute atomic E-state index is 0.0500. The van der Waals surface area contributed by atoms with Gasteiger partial charge in [0.2, 0.25) is 5.91 Å². The summed E-state index contributed by atoms with van der Waals surface area (Å²) < 4.78 is 0. The lowest BCUT2D eigenvalue weighted by atomic mass is 10.0. The highest BCUT2D eigenvalue weighted by Crippen LogP contribution is 2.26. The molecule has 0 unspecified atom stereocenters. The Morgan fingerprint density at radius 2 is 1.84 bits per heavy atom. The monoisotopic (exact) mass is 431 g/mol. The SMILES string of the molecule is C[C@H](Nc1ncnc2ccc(NC(=O)C=C3CCN(C(=O)O)CC3)cc12)c1ccccc1. The summed E-state index contributed by atoms with van der Waals surface area (Å²) in [6.45, 7) is 2.89. The van der Waals surface area contributed by atoms with Crippen LogP contribution in [0.25, 0.3) is 10.9 Å². The van der Waals surface area contributed by atoms with Crippen molar-refractivity contribution in [2.24, 2.45) is 0 Å². The highest BCUT2D eigenvalue weighted by Gasteiger charge is 2.18. The molecule has 0 radical (unpaired) electrons. The smallest absolute Gasteiger partial charge is 0.407 e. The first kappa shape index (κ1) is 21.3. The number of rotatable bonds is 5. The Hall–Kier alpha value is -3.94. The molecule has 2 aromatic carbocycles. The minimum Gasteiger partial charge on any atom is -0.465 e. The van der Waals surface area contributed by atoms with Gasteiger partial charge < -0.3 is 20.6 Å². The summed E-state index contributed by atoms with van der Waals surface area (Å²) >= 11 is 0. The number of anilines is 2. The quantitative estimate of drug-likeness (QED) is 0.516. The van der Waals surface area contributed by atoms with Gasteiger partial charge in [0.15, 0.2) is 0 Å². The minimum atomic E-state index is -0.919. The maximum absolute atomic E-state index is 12.5. The molecule has 8 nitrogen and oxygen atoms in total. The lowest BCUT2D eigenvalue weighted by Crippen LogP contribution is -2.35. The average molecular weight is 431 g/mol. The fourth-order valence-corrected chi connectivity index (χ4v) is 3.77. The zero-order chi connectivity index (χ0) is 22.5. The van der Waals surface area contributed by atoms with Crippen LogP contribution in [0.15, 0.2) is 66.5 Å². The molecule has 32 heavy (non-hydrogen) atoms. The van der Waals surface area contributed by atoms with Gasteiger partial charge in [-0.1, -0.05) is 35.9 Å². The van der Waals surface area contributed by atoms with Crippen molar-refractivity contribution in [2.75, 3.05) is 23.7 Å². The molecule has 3 aromatic rings. The molecule has 164 valence electrons. The Balaban J connectivity index is 1.48. The summed E-state index contributed by atoms with van der Waals surface area (Å²) in [5.74, 6) is 0.467. The maximum Gasteiger partial charge on any atom is 0.407 e. The van der Waals surface area contributed by atoms with E-state index in [1.165, 1.54) is 11.2 Å². The molecule has 8 heteroatoms. The molecule has 2 amide bonds. The van der Waals surface area contributed by atoms with Crippen LogP contribution in [0, 0.1) is 0 Å². The summed E-state index contributed by atoms with van der Waals surface area (Å²) in [5.41, 5.74) is 3.51. The molecular weight excluding hydrogens is 406 g/mol. The van der Waals surface area contributed by atoms with Gasteiger partial charge in [0, 0.05) is 36.3 Å². The molecule has 1 atom stereocenters. The van der Waals surface area contributed by atoms with Gasteiger partial charge in [-0.05, 0) is 43.5 Å². The van der Waals surface area contributed by atoms with Crippen LogP contribution in [-0.4, -0.2) is 45.1 Å². The Morgan fingerprint density at radius 3 is 2.56 bits per heavy atom. The van der Waals surface area contributed by atoms with Crippen LogP contribution < -0.4 is 10.6 Å². The second kappa shape index (κ2) is 9.47. The van der Waals surface area contributed by atoms with Gasteiger partial charge in [-0.3, -0.25) is 4.79 Å². The van der Waals surface area contributed by atoms with Gasteiger partial charge in [0.25, 0.3) is 0 Å². The number of carbonyl (C=O) groups is 2. The highest BCUT2D eigenvalue weighted by atomic mass is 16.4. The molecule has 0 aliphatic carbocycles. The van der Waals surface area contributed by atoms with Crippen LogP contribution >= 0.6 is 0 Å². The van der Waals surface area contributed by atoms with E-state index in [1.807, 2.05) is 36.4 Å². The number of carbonyl (C=O) groups excluding carboxylic acids is 1. The van der Waals surface area contributed by atoms with Crippen molar-refractivity contribution in [3.8, 4) is 0 Å². The molecule has 1 fully saturated rings. The fraction of sp³-hybridized carbons (Fsp3) is 0.250. The van der Waals surface area contributed by atoms with Crippen LogP contribution in [-0.2, 0) is 4.79 Å². The number of fused-ring (bicyclic) bond motifs is 1. The van der Waals surface area contributed by atoms with E-state index in [9.17, 15) is 9.59 Å². The Bertz CT molecular complexity index is 1150. The molecule has 3 N–H and O–H groups in total. The summed E-state index contributed by atoms with van der Waals surface area (Å²) in [4.78, 5) is 33.6. The van der Waals surface area contributed by atoms with Crippen molar-refractivity contribution < 1.29 is 14.7 Å². The first-order chi connectivity index (χ1) is 15.5. The highest BCUT2D eigenvalue weighted by molar-refractivity contribution is 6.02. The number of hydrogen-bond donors (Lipinski definition) is 3. The van der Waals surface area contributed by atoms with E-state index < -0.39 is 6.09 Å². The number of aromatic nitrogens is 2. The standard InChI is InChI=1S/C24H25N5O3/c1-16(18-5-3-2-4-6-18)27-23-20-14-19(7-8-21(20)25-15-26-23)28-22(30)13-17-9-11-29(12-10-17)24(31)32/h2-8,13-16H,9-12H2,1H3,(H,28,30)(H,31,32)(H,25,26,27)/t16-/m0/s1. The van der Waals surface area contributed by atoms with Gasteiger partial charge in [0.1, 0.15) is 12.1 Å². The molecule has 2 heterocycles. The summed E-state index contributed by atoms with van der Waals surface area (Å²) in [6.07, 6.45) is 3.31. The van der Waals surface area contributed by atoms with Crippen LogP contribution in [0.3, 0.4) is 0 Å². The molecule has 1 aromatic heterocycles. The molecule has 1 saturated heterocycles. The van der Waals surface area contributed by atoms with E-state index in [1.54, 1.807) is 6.08 Å². The number of nitrogens with zero attached hydrogens (tertiary/aromatic N) is 3. The van der Waals surface area contributed by atoms with Gasteiger partial charge in [-0.25, -0.2) is 14.8 Å². The van der Waals surface area contributed by atoms with Crippen molar-refractivity contribution in [2.45, 2.75) is 25.8 Å². The van der Waals surface area contributed by atoms with E-state index >= 15 is 0 Å². The number of amides is 2. The lowest BCUT2D eigenvalue weighted by Gasteiger charge is -2.25. The number of nitrogens with one attached hydrogen (secondary N) is 2. The van der Waals surface area contributed by atoms with Crippen molar-refractivity contribution in [1.82, 2.24) is 14.9 Å². The molecule has 1 aliphatic heterocycles. The van der Waals surface area contributed by atoms with E-state index in [4.69, 9.17) is 5.11 Å². The number of benzene rings is 2. The topological polar surface area (TPSA) is 107 Å².